The summed E-state index contributed by atoms with van der Waals surface area (Å²) in [6.45, 7) is 4.41. The van der Waals surface area contributed by atoms with Crippen LogP contribution in [0.3, 0.4) is 0 Å². The first-order valence-electron chi connectivity index (χ1n) is 5.66. The molecule has 0 saturated heterocycles. The van der Waals surface area contributed by atoms with Crippen LogP contribution in [0.5, 0.6) is 0 Å². The predicted molar refractivity (Wildman–Crippen MR) is 60.1 cm³/mol. The van der Waals surface area contributed by atoms with E-state index in [1.165, 1.54) is 25.0 Å². The zero-order valence-electron chi connectivity index (χ0n) is 9.33. The molecule has 15 heavy (non-hydrogen) atoms. The van der Waals surface area contributed by atoms with Crippen molar-refractivity contribution in [2.75, 3.05) is 0 Å². The van der Waals surface area contributed by atoms with Crippen LogP contribution >= 0.6 is 0 Å². The van der Waals surface area contributed by atoms with Gasteiger partial charge >= 0.3 is 0 Å². The van der Waals surface area contributed by atoms with Gasteiger partial charge in [-0.1, -0.05) is 19.1 Å². The Hall–Kier alpha value is -0.890. The summed E-state index contributed by atoms with van der Waals surface area (Å²) < 4.78 is 12.7. The maximum atomic E-state index is 12.7. The van der Waals surface area contributed by atoms with E-state index in [0.29, 0.717) is 12.1 Å². The Morgan fingerprint density at radius 1 is 1.27 bits per heavy atom. The normalized spacial score (nSPS) is 27.1. The fourth-order valence-corrected chi connectivity index (χ4v) is 2.24. The first-order valence-corrected chi connectivity index (χ1v) is 5.66. The van der Waals surface area contributed by atoms with Crippen LogP contribution in [0, 0.1) is 11.7 Å². The summed E-state index contributed by atoms with van der Waals surface area (Å²) in [5, 5.41) is 3.56. The van der Waals surface area contributed by atoms with E-state index in [-0.39, 0.29) is 5.82 Å². The molecule has 1 aromatic carbocycles. The predicted octanol–water partition coefficient (Wildman–Crippen LogP) is 3.27. The third-order valence-electron chi connectivity index (χ3n) is 3.23. The van der Waals surface area contributed by atoms with Crippen LogP contribution in [0.15, 0.2) is 24.3 Å². The maximum absolute atomic E-state index is 12.7. The highest BCUT2D eigenvalue weighted by Gasteiger charge is 2.26. The lowest BCUT2D eigenvalue weighted by Crippen LogP contribution is -2.41. The van der Waals surface area contributed by atoms with Gasteiger partial charge in [-0.25, -0.2) is 4.39 Å². The fraction of sp³-hybridized carbons (Fsp3) is 0.538. The molecule has 1 aliphatic carbocycles. The summed E-state index contributed by atoms with van der Waals surface area (Å²) in [6.07, 6.45) is 2.54. The van der Waals surface area contributed by atoms with Crippen LogP contribution in [0.25, 0.3) is 0 Å². The minimum absolute atomic E-state index is 0.164. The monoisotopic (exact) mass is 207 g/mol. The van der Waals surface area contributed by atoms with Gasteiger partial charge in [0, 0.05) is 12.1 Å². The molecule has 1 atom stereocenters. The SMILES string of the molecule is CC1CC(N[C@@H](C)c2ccc(F)cc2)C1. The number of nitrogens with one attached hydrogen (secondary N) is 1. The lowest BCUT2D eigenvalue weighted by molar-refractivity contribution is 0.226. The largest absolute Gasteiger partial charge is 0.307 e. The molecule has 0 unspecified atom stereocenters. The van der Waals surface area contributed by atoms with Gasteiger partial charge in [0.05, 0.1) is 0 Å². The molecule has 1 N–H and O–H groups in total. The quantitative estimate of drug-likeness (QED) is 0.802. The smallest absolute Gasteiger partial charge is 0.123 e. The van der Waals surface area contributed by atoms with Crippen LogP contribution in [-0.4, -0.2) is 6.04 Å². The number of hydrogen-bond donors (Lipinski definition) is 1. The Morgan fingerprint density at radius 3 is 2.40 bits per heavy atom. The lowest BCUT2D eigenvalue weighted by atomic mass is 9.81. The van der Waals surface area contributed by atoms with Gasteiger partial charge in [-0.3, -0.25) is 0 Å². The topological polar surface area (TPSA) is 12.0 Å². The van der Waals surface area contributed by atoms with Crippen LogP contribution in [0.1, 0.15) is 38.3 Å². The molecule has 1 fully saturated rings. The molecule has 2 rings (SSSR count). The van der Waals surface area contributed by atoms with E-state index in [1.807, 2.05) is 12.1 Å². The van der Waals surface area contributed by atoms with E-state index in [4.69, 9.17) is 0 Å². The molecule has 0 bridgehead atoms. The van der Waals surface area contributed by atoms with Gasteiger partial charge in [-0.05, 0) is 43.4 Å². The van der Waals surface area contributed by atoms with Crippen LogP contribution in [-0.2, 0) is 0 Å². The summed E-state index contributed by atoms with van der Waals surface area (Å²) in [5.41, 5.74) is 1.16. The average molecular weight is 207 g/mol. The minimum Gasteiger partial charge on any atom is -0.307 e. The molecule has 0 heterocycles. The second-order valence-electron chi connectivity index (χ2n) is 4.71. The van der Waals surface area contributed by atoms with Crippen molar-refractivity contribution in [1.82, 2.24) is 5.32 Å². The molecule has 0 radical (unpaired) electrons. The summed E-state index contributed by atoms with van der Waals surface area (Å²) in [6, 6.07) is 7.74. The van der Waals surface area contributed by atoms with Crippen molar-refractivity contribution in [3.63, 3.8) is 0 Å². The molecule has 0 spiro atoms. The van der Waals surface area contributed by atoms with Crippen molar-refractivity contribution < 1.29 is 4.39 Å². The third-order valence-corrected chi connectivity index (χ3v) is 3.23. The Labute approximate surface area is 90.7 Å². The van der Waals surface area contributed by atoms with E-state index >= 15 is 0 Å². The Bertz CT molecular complexity index is 314. The Morgan fingerprint density at radius 2 is 1.87 bits per heavy atom. The molecule has 1 aliphatic rings. The zero-order valence-corrected chi connectivity index (χ0v) is 9.33. The number of halogens is 1. The minimum atomic E-state index is -0.164. The number of hydrogen-bond acceptors (Lipinski definition) is 1. The van der Waals surface area contributed by atoms with Gasteiger partial charge in [-0.15, -0.1) is 0 Å². The highest BCUT2D eigenvalue weighted by molar-refractivity contribution is 5.19. The van der Waals surface area contributed by atoms with Crippen LogP contribution in [0.4, 0.5) is 4.39 Å². The lowest BCUT2D eigenvalue weighted by Gasteiger charge is -2.35. The molecule has 2 heteroatoms. The summed E-state index contributed by atoms with van der Waals surface area (Å²) in [5.74, 6) is 0.700. The van der Waals surface area contributed by atoms with Crippen LogP contribution in [0.2, 0.25) is 0 Å². The van der Waals surface area contributed by atoms with Gasteiger partial charge in [0.2, 0.25) is 0 Å². The van der Waals surface area contributed by atoms with Crippen molar-refractivity contribution in [3.05, 3.63) is 35.6 Å². The zero-order chi connectivity index (χ0) is 10.8. The van der Waals surface area contributed by atoms with Crippen molar-refractivity contribution in [1.29, 1.82) is 0 Å². The first-order chi connectivity index (χ1) is 7.15. The highest BCUT2D eigenvalue weighted by Crippen LogP contribution is 2.28. The highest BCUT2D eigenvalue weighted by atomic mass is 19.1. The Balaban J connectivity index is 1.90. The molecule has 0 aromatic heterocycles. The van der Waals surface area contributed by atoms with Crippen LogP contribution < -0.4 is 5.32 Å². The first kappa shape index (κ1) is 10.6. The molecule has 1 saturated carbocycles. The molecular formula is C13H18FN. The average Bonchev–Trinajstić information content (AvgIpc) is 2.16. The fourth-order valence-electron chi connectivity index (χ4n) is 2.24. The van der Waals surface area contributed by atoms with E-state index in [0.717, 1.165) is 11.5 Å². The second kappa shape index (κ2) is 4.31. The summed E-state index contributed by atoms with van der Waals surface area (Å²) in [7, 11) is 0. The maximum Gasteiger partial charge on any atom is 0.123 e. The van der Waals surface area contributed by atoms with Crippen molar-refractivity contribution in [2.24, 2.45) is 5.92 Å². The second-order valence-corrected chi connectivity index (χ2v) is 4.71. The van der Waals surface area contributed by atoms with Crippen molar-refractivity contribution >= 4 is 0 Å². The van der Waals surface area contributed by atoms with E-state index < -0.39 is 0 Å². The standard InChI is InChI=1S/C13H18FN/c1-9-7-13(8-9)15-10(2)11-3-5-12(14)6-4-11/h3-6,9-10,13,15H,7-8H2,1-2H3/t9?,10-,13?/m0/s1. The van der Waals surface area contributed by atoms with Gasteiger partial charge in [0.1, 0.15) is 5.82 Å². The molecule has 0 aliphatic heterocycles. The third kappa shape index (κ3) is 2.57. The summed E-state index contributed by atoms with van der Waals surface area (Å²) >= 11 is 0. The van der Waals surface area contributed by atoms with Crippen molar-refractivity contribution in [2.45, 2.75) is 38.8 Å². The van der Waals surface area contributed by atoms with Gasteiger partial charge < -0.3 is 5.32 Å². The van der Waals surface area contributed by atoms with E-state index in [2.05, 4.69) is 19.2 Å². The van der Waals surface area contributed by atoms with Gasteiger partial charge in [0.15, 0.2) is 0 Å². The molecule has 82 valence electrons. The summed E-state index contributed by atoms with van der Waals surface area (Å²) in [4.78, 5) is 0. The van der Waals surface area contributed by atoms with E-state index in [1.54, 1.807) is 0 Å². The van der Waals surface area contributed by atoms with Crippen molar-refractivity contribution in [3.8, 4) is 0 Å². The van der Waals surface area contributed by atoms with Gasteiger partial charge in [0.25, 0.3) is 0 Å². The molecule has 1 aromatic rings. The molecular weight excluding hydrogens is 189 g/mol. The van der Waals surface area contributed by atoms with Gasteiger partial charge in [-0.2, -0.15) is 0 Å². The molecule has 0 amide bonds. The van der Waals surface area contributed by atoms with E-state index in [9.17, 15) is 4.39 Å². The molecule has 1 nitrogen and oxygen atoms in total. The number of benzene rings is 1. The number of rotatable bonds is 3. The Kier molecular flexibility index (Phi) is 3.06.